The van der Waals surface area contributed by atoms with Gasteiger partial charge in [-0.2, -0.15) is 0 Å². The maximum absolute atomic E-state index is 6.00. The molecule has 3 aromatic carbocycles. The minimum atomic E-state index is 0.791. The minimum absolute atomic E-state index is 0.791. The van der Waals surface area contributed by atoms with Crippen molar-refractivity contribution in [3.05, 3.63) is 59.1 Å². The lowest BCUT2D eigenvalue weighted by Gasteiger charge is -2.05. The molecule has 0 spiro atoms. The SMILES string of the molecule is Cc1ccc2c(ccc3cc(Cl)ccc32)c1. The van der Waals surface area contributed by atoms with Crippen LogP contribution in [0.3, 0.4) is 0 Å². The van der Waals surface area contributed by atoms with Gasteiger partial charge in [-0.1, -0.05) is 53.6 Å². The second-order valence-corrected chi connectivity index (χ2v) is 4.59. The van der Waals surface area contributed by atoms with Gasteiger partial charge in [-0.25, -0.2) is 0 Å². The van der Waals surface area contributed by atoms with Gasteiger partial charge in [0.1, 0.15) is 0 Å². The van der Waals surface area contributed by atoms with Crippen LogP contribution >= 0.6 is 11.6 Å². The van der Waals surface area contributed by atoms with Crippen molar-refractivity contribution in [3.8, 4) is 0 Å². The highest BCUT2D eigenvalue weighted by atomic mass is 35.5. The van der Waals surface area contributed by atoms with Crippen molar-refractivity contribution in [2.45, 2.75) is 6.92 Å². The van der Waals surface area contributed by atoms with Crippen LogP contribution in [0, 0.1) is 6.92 Å². The van der Waals surface area contributed by atoms with Crippen LogP contribution in [0.1, 0.15) is 5.56 Å². The molecule has 0 heterocycles. The number of halogens is 1. The second-order valence-electron chi connectivity index (χ2n) is 4.16. The molecule has 3 rings (SSSR count). The predicted molar refractivity (Wildman–Crippen MR) is 71.2 cm³/mol. The van der Waals surface area contributed by atoms with Crippen molar-refractivity contribution < 1.29 is 0 Å². The maximum Gasteiger partial charge on any atom is 0.0412 e. The van der Waals surface area contributed by atoms with Crippen LogP contribution in [-0.2, 0) is 0 Å². The summed E-state index contributed by atoms with van der Waals surface area (Å²) in [7, 11) is 0. The zero-order valence-electron chi connectivity index (χ0n) is 9.00. The van der Waals surface area contributed by atoms with Gasteiger partial charge in [0.05, 0.1) is 0 Å². The molecule has 0 aliphatic rings. The fourth-order valence-electron chi connectivity index (χ4n) is 2.16. The fourth-order valence-corrected chi connectivity index (χ4v) is 2.34. The summed E-state index contributed by atoms with van der Waals surface area (Å²) in [4.78, 5) is 0. The maximum atomic E-state index is 6.00. The molecule has 16 heavy (non-hydrogen) atoms. The topological polar surface area (TPSA) is 0 Å². The minimum Gasteiger partial charge on any atom is -0.0843 e. The molecule has 0 unspecified atom stereocenters. The number of rotatable bonds is 0. The van der Waals surface area contributed by atoms with E-state index in [-0.39, 0.29) is 0 Å². The quantitative estimate of drug-likeness (QED) is 0.476. The van der Waals surface area contributed by atoms with E-state index in [2.05, 4.69) is 43.3 Å². The molecule has 0 N–H and O–H groups in total. The lowest BCUT2D eigenvalue weighted by Crippen LogP contribution is -1.79. The summed E-state index contributed by atoms with van der Waals surface area (Å²) >= 11 is 6.00. The van der Waals surface area contributed by atoms with Crippen LogP contribution in [0.5, 0.6) is 0 Å². The largest absolute Gasteiger partial charge is 0.0843 e. The Morgan fingerprint density at radius 1 is 0.750 bits per heavy atom. The summed E-state index contributed by atoms with van der Waals surface area (Å²) in [6.07, 6.45) is 0. The van der Waals surface area contributed by atoms with Gasteiger partial charge in [-0.05, 0) is 40.6 Å². The highest BCUT2D eigenvalue weighted by Crippen LogP contribution is 2.27. The van der Waals surface area contributed by atoms with Crippen molar-refractivity contribution in [2.24, 2.45) is 0 Å². The van der Waals surface area contributed by atoms with E-state index in [4.69, 9.17) is 11.6 Å². The van der Waals surface area contributed by atoms with Crippen molar-refractivity contribution in [1.82, 2.24) is 0 Å². The van der Waals surface area contributed by atoms with Crippen LogP contribution in [-0.4, -0.2) is 0 Å². The summed E-state index contributed by atoms with van der Waals surface area (Å²) in [5.41, 5.74) is 1.29. The molecule has 0 saturated heterocycles. The number of hydrogen-bond acceptors (Lipinski definition) is 0. The van der Waals surface area contributed by atoms with Gasteiger partial charge in [-0.15, -0.1) is 0 Å². The Balaban J connectivity index is 2.50. The number of fused-ring (bicyclic) bond motifs is 3. The number of aryl methyl sites for hydroxylation is 1. The Labute approximate surface area is 99.5 Å². The van der Waals surface area contributed by atoms with Gasteiger partial charge in [0, 0.05) is 5.02 Å². The summed E-state index contributed by atoms with van der Waals surface area (Å²) < 4.78 is 0. The predicted octanol–water partition coefficient (Wildman–Crippen LogP) is 4.95. The van der Waals surface area contributed by atoms with Crippen molar-refractivity contribution in [3.63, 3.8) is 0 Å². The fraction of sp³-hybridized carbons (Fsp3) is 0.0667. The van der Waals surface area contributed by atoms with Crippen molar-refractivity contribution in [1.29, 1.82) is 0 Å². The first-order chi connectivity index (χ1) is 7.74. The van der Waals surface area contributed by atoms with E-state index in [1.54, 1.807) is 0 Å². The van der Waals surface area contributed by atoms with Gasteiger partial charge < -0.3 is 0 Å². The molecule has 0 aliphatic heterocycles. The molecular weight excluding hydrogens is 216 g/mol. The molecule has 0 radical (unpaired) electrons. The van der Waals surface area contributed by atoms with Gasteiger partial charge in [0.2, 0.25) is 0 Å². The number of benzene rings is 3. The summed E-state index contributed by atoms with van der Waals surface area (Å²) in [6.45, 7) is 2.12. The third kappa shape index (κ3) is 1.46. The molecule has 0 saturated carbocycles. The lowest BCUT2D eigenvalue weighted by molar-refractivity contribution is 1.51. The van der Waals surface area contributed by atoms with Gasteiger partial charge in [0.15, 0.2) is 0 Å². The Morgan fingerprint density at radius 2 is 1.38 bits per heavy atom. The molecule has 0 atom stereocenters. The first-order valence-corrected chi connectivity index (χ1v) is 5.70. The summed E-state index contributed by atoms with van der Waals surface area (Å²) in [5.74, 6) is 0. The monoisotopic (exact) mass is 226 g/mol. The molecule has 3 aromatic rings. The Hall–Kier alpha value is -1.53. The Bertz CT molecular complexity index is 623. The van der Waals surface area contributed by atoms with E-state index in [1.165, 1.54) is 27.1 Å². The zero-order chi connectivity index (χ0) is 11.1. The standard InChI is InChI=1S/C15H11Cl/c1-10-2-6-14-11(8-10)3-4-12-9-13(16)5-7-15(12)14/h2-9H,1H3. The van der Waals surface area contributed by atoms with Crippen LogP contribution in [0.25, 0.3) is 21.5 Å². The molecule has 1 heteroatoms. The van der Waals surface area contributed by atoms with E-state index in [0.717, 1.165) is 5.02 Å². The summed E-state index contributed by atoms with van der Waals surface area (Å²) in [5, 5.41) is 5.83. The third-order valence-corrected chi connectivity index (χ3v) is 3.19. The van der Waals surface area contributed by atoms with Crippen LogP contribution in [0.2, 0.25) is 5.02 Å². The molecule has 0 amide bonds. The molecule has 0 bridgehead atoms. The molecule has 0 aliphatic carbocycles. The summed E-state index contributed by atoms with van der Waals surface area (Å²) in [6, 6.07) is 16.9. The smallest absolute Gasteiger partial charge is 0.0412 e. The lowest BCUT2D eigenvalue weighted by atomic mass is 10.0. The molecule has 78 valence electrons. The highest BCUT2D eigenvalue weighted by Gasteiger charge is 2.00. The second kappa shape index (κ2) is 3.50. The first kappa shape index (κ1) is 9.68. The molecule has 0 fully saturated rings. The zero-order valence-corrected chi connectivity index (χ0v) is 9.75. The average Bonchev–Trinajstić information content (AvgIpc) is 2.28. The first-order valence-electron chi connectivity index (χ1n) is 5.33. The van der Waals surface area contributed by atoms with Crippen LogP contribution < -0.4 is 0 Å². The van der Waals surface area contributed by atoms with Gasteiger partial charge >= 0.3 is 0 Å². The highest BCUT2D eigenvalue weighted by molar-refractivity contribution is 6.31. The normalized spacial score (nSPS) is 11.1. The molecule has 0 aromatic heterocycles. The molecular formula is C15H11Cl. The van der Waals surface area contributed by atoms with Crippen LogP contribution in [0.15, 0.2) is 48.5 Å². The van der Waals surface area contributed by atoms with E-state index < -0.39 is 0 Å². The van der Waals surface area contributed by atoms with E-state index >= 15 is 0 Å². The van der Waals surface area contributed by atoms with E-state index in [1.807, 2.05) is 12.1 Å². The van der Waals surface area contributed by atoms with Gasteiger partial charge in [-0.3, -0.25) is 0 Å². The molecule has 0 nitrogen and oxygen atoms in total. The Kier molecular flexibility index (Phi) is 2.12. The van der Waals surface area contributed by atoms with Crippen molar-refractivity contribution in [2.75, 3.05) is 0 Å². The Morgan fingerprint density at radius 3 is 2.12 bits per heavy atom. The van der Waals surface area contributed by atoms with E-state index in [0.29, 0.717) is 0 Å². The van der Waals surface area contributed by atoms with Gasteiger partial charge in [0.25, 0.3) is 0 Å². The van der Waals surface area contributed by atoms with E-state index in [9.17, 15) is 0 Å². The average molecular weight is 227 g/mol. The van der Waals surface area contributed by atoms with Crippen molar-refractivity contribution >= 4 is 33.1 Å². The number of hydrogen-bond donors (Lipinski definition) is 0. The third-order valence-electron chi connectivity index (χ3n) is 2.95. The van der Waals surface area contributed by atoms with Crippen LogP contribution in [0.4, 0.5) is 0 Å².